The number of thiophene rings is 1. The number of piperazine rings is 1. The highest BCUT2D eigenvalue weighted by atomic mass is 32.1. The molecule has 0 aromatic carbocycles. The highest BCUT2D eigenvalue weighted by molar-refractivity contribution is 7.08. The summed E-state index contributed by atoms with van der Waals surface area (Å²) in [6.45, 7) is 2.87. The van der Waals surface area contributed by atoms with E-state index < -0.39 is 0 Å². The van der Waals surface area contributed by atoms with Crippen molar-refractivity contribution in [3.63, 3.8) is 0 Å². The van der Waals surface area contributed by atoms with Crippen LogP contribution in [0.1, 0.15) is 23.3 Å². The molecule has 3 rings (SSSR count). The maximum atomic E-state index is 5.27. The molecule has 0 aliphatic carbocycles. The third-order valence-corrected chi connectivity index (χ3v) is 3.93. The largest absolute Gasteiger partial charge is 0.335 e. The Hall–Kier alpha value is -1.50. The number of likely N-dealkylation sites (N-methyl/N-ethyl adjacent to an activating group) is 1. The fourth-order valence-corrected chi connectivity index (χ4v) is 2.71. The smallest absolute Gasteiger partial charge is 0.250 e. The Morgan fingerprint density at radius 3 is 3.26 bits per heavy atom. The van der Waals surface area contributed by atoms with E-state index in [1.54, 1.807) is 11.3 Å². The highest BCUT2D eigenvalue weighted by Gasteiger charge is 2.24. The van der Waals surface area contributed by atoms with Crippen molar-refractivity contribution in [3.05, 3.63) is 34.1 Å². The molecule has 1 unspecified atom stereocenters. The molecule has 1 aliphatic rings. The normalized spacial score (nSPS) is 21.2. The van der Waals surface area contributed by atoms with Crippen LogP contribution in [-0.4, -0.2) is 41.7 Å². The summed E-state index contributed by atoms with van der Waals surface area (Å²) < 4.78 is 5.27. The van der Waals surface area contributed by atoms with Crippen LogP contribution in [0.25, 0.3) is 12.2 Å². The van der Waals surface area contributed by atoms with Gasteiger partial charge in [-0.05, 0) is 35.5 Å². The molecule has 0 amide bonds. The average Bonchev–Trinajstić information content (AvgIpc) is 3.08. The van der Waals surface area contributed by atoms with Gasteiger partial charge >= 0.3 is 0 Å². The number of rotatable bonds is 3. The van der Waals surface area contributed by atoms with Crippen molar-refractivity contribution in [1.29, 1.82) is 0 Å². The van der Waals surface area contributed by atoms with Crippen LogP contribution in [0, 0.1) is 0 Å². The van der Waals surface area contributed by atoms with Crippen molar-refractivity contribution in [3.8, 4) is 0 Å². The number of hydrogen-bond donors (Lipinski definition) is 1. The topological polar surface area (TPSA) is 54.2 Å². The van der Waals surface area contributed by atoms with Crippen molar-refractivity contribution >= 4 is 23.5 Å². The fraction of sp³-hybridized carbons (Fsp3) is 0.385. The Bertz CT molecular complexity index is 549. The van der Waals surface area contributed by atoms with E-state index in [4.69, 9.17) is 4.52 Å². The first-order valence-electron chi connectivity index (χ1n) is 6.28. The van der Waals surface area contributed by atoms with Gasteiger partial charge in [0.1, 0.15) is 0 Å². The van der Waals surface area contributed by atoms with Crippen LogP contribution in [-0.2, 0) is 0 Å². The van der Waals surface area contributed by atoms with Gasteiger partial charge in [0.25, 0.3) is 5.89 Å². The van der Waals surface area contributed by atoms with Crippen LogP contribution < -0.4 is 5.32 Å². The van der Waals surface area contributed by atoms with Gasteiger partial charge in [-0.3, -0.25) is 4.90 Å². The summed E-state index contributed by atoms with van der Waals surface area (Å²) in [6, 6.07) is 2.25. The highest BCUT2D eigenvalue weighted by Crippen LogP contribution is 2.18. The third-order valence-electron chi connectivity index (χ3n) is 3.23. The first kappa shape index (κ1) is 12.5. The van der Waals surface area contributed by atoms with Gasteiger partial charge in [-0.15, -0.1) is 0 Å². The predicted molar refractivity (Wildman–Crippen MR) is 75.8 cm³/mol. The van der Waals surface area contributed by atoms with Gasteiger partial charge in [0.05, 0.1) is 6.04 Å². The lowest BCUT2D eigenvalue weighted by atomic mass is 10.2. The Labute approximate surface area is 115 Å². The van der Waals surface area contributed by atoms with E-state index in [1.807, 2.05) is 17.5 Å². The first-order valence-corrected chi connectivity index (χ1v) is 7.22. The molecule has 1 aliphatic heterocycles. The van der Waals surface area contributed by atoms with Crippen LogP contribution >= 0.6 is 11.3 Å². The summed E-state index contributed by atoms with van der Waals surface area (Å²) in [5, 5.41) is 11.5. The van der Waals surface area contributed by atoms with Crippen molar-refractivity contribution in [2.75, 3.05) is 26.7 Å². The molecule has 19 heavy (non-hydrogen) atoms. The molecule has 2 aromatic rings. The molecule has 0 radical (unpaired) electrons. The molecule has 1 fully saturated rings. The Morgan fingerprint density at radius 2 is 2.47 bits per heavy atom. The van der Waals surface area contributed by atoms with Crippen molar-refractivity contribution < 1.29 is 4.52 Å². The summed E-state index contributed by atoms with van der Waals surface area (Å²) in [5.74, 6) is 1.31. The molecule has 0 spiro atoms. The quantitative estimate of drug-likeness (QED) is 0.927. The molecule has 6 heteroatoms. The number of hydrogen-bond acceptors (Lipinski definition) is 6. The molecular weight excluding hydrogens is 260 g/mol. The molecule has 1 atom stereocenters. The zero-order valence-electron chi connectivity index (χ0n) is 10.7. The first-order chi connectivity index (χ1) is 9.33. The fourth-order valence-electron chi connectivity index (χ4n) is 2.08. The summed E-state index contributed by atoms with van der Waals surface area (Å²) in [6.07, 6.45) is 3.84. The van der Waals surface area contributed by atoms with Crippen LogP contribution in [0.5, 0.6) is 0 Å². The van der Waals surface area contributed by atoms with E-state index in [9.17, 15) is 0 Å². The van der Waals surface area contributed by atoms with Crippen LogP contribution in [0.15, 0.2) is 21.3 Å². The van der Waals surface area contributed by atoms with Crippen LogP contribution in [0.3, 0.4) is 0 Å². The molecule has 1 saturated heterocycles. The van der Waals surface area contributed by atoms with Gasteiger partial charge in [-0.25, -0.2) is 0 Å². The van der Waals surface area contributed by atoms with E-state index in [1.165, 1.54) is 0 Å². The lowest BCUT2D eigenvalue weighted by molar-refractivity contribution is 0.190. The van der Waals surface area contributed by atoms with Gasteiger partial charge in [0, 0.05) is 25.7 Å². The Morgan fingerprint density at radius 1 is 1.53 bits per heavy atom. The molecule has 2 aromatic heterocycles. The Balaban J connectivity index is 1.72. The van der Waals surface area contributed by atoms with Gasteiger partial charge in [0.2, 0.25) is 0 Å². The average molecular weight is 276 g/mol. The van der Waals surface area contributed by atoms with E-state index in [0.717, 1.165) is 31.0 Å². The van der Waals surface area contributed by atoms with Gasteiger partial charge < -0.3 is 9.84 Å². The minimum absolute atomic E-state index is 0.195. The second-order valence-electron chi connectivity index (χ2n) is 4.58. The molecule has 3 heterocycles. The molecule has 0 bridgehead atoms. The zero-order valence-corrected chi connectivity index (χ0v) is 11.6. The summed E-state index contributed by atoms with van der Waals surface area (Å²) >= 11 is 1.67. The van der Waals surface area contributed by atoms with Gasteiger partial charge in [-0.1, -0.05) is 5.16 Å². The third kappa shape index (κ3) is 2.91. The van der Waals surface area contributed by atoms with Crippen molar-refractivity contribution in [1.82, 2.24) is 20.4 Å². The zero-order chi connectivity index (χ0) is 13.1. The number of nitrogens with zero attached hydrogens (tertiary/aromatic N) is 3. The molecule has 5 nitrogen and oxygen atoms in total. The maximum Gasteiger partial charge on any atom is 0.250 e. The van der Waals surface area contributed by atoms with E-state index in [-0.39, 0.29) is 6.04 Å². The van der Waals surface area contributed by atoms with E-state index in [0.29, 0.717) is 5.89 Å². The standard InChI is InChI=1S/C13H16N4OS/c1-17-6-5-14-8-11(17)13-15-12(18-16-13)3-2-10-4-7-19-9-10/h2-4,7,9,11,14H,5-6,8H2,1H3/b3-2+. The predicted octanol–water partition coefficient (Wildman–Crippen LogP) is 1.88. The molecule has 1 N–H and O–H groups in total. The number of aromatic nitrogens is 2. The molecular formula is C13H16N4OS. The lowest BCUT2D eigenvalue weighted by Crippen LogP contribution is -2.44. The SMILES string of the molecule is CN1CCNCC1c1noc(/C=C/c2ccsc2)n1. The monoisotopic (exact) mass is 276 g/mol. The minimum atomic E-state index is 0.195. The van der Waals surface area contributed by atoms with Gasteiger partial charge in [-0.2, -0.15) is 16.3 Å². The molecule has 100 valence electrons. The van der Waals surface area contributed by atoms with E-state index in [2.05, 4.69) is 38.9 Å². The lowest BCUT2D eigenvalue weighted by Gasteiger charge is -2.30. The molecule has 0 saturated carbocycles. The summed E-state index contributed by atoms with van der Waals surface area (Å²) in [5.41, 5.74) is 1.15. The van der Waals surface area contributed by atoms with Crippen LogP contribution in [0.4, 0.5) is 0 Å². The van der Waals surface area contributed by atoms with Gasteiger partial charge in [0.15, 0.2) is 5.82 Å². The Kier molecular flexibility index (Phi) is 3.72. The minimum Gasteiger partial charge on any atom is -0.335 e. The summed E-state index contributed by atoms with van der Waals surface area (Å²) in [7, 11) is 2.09. The maximum absolute atomic E-state index is 5.27. The van der Waals surface area contributed by atoms with Crippen molar-refractivity contribution in [2.45, 2.75) is 6.04 Å². The second-order valence-corrected chi connectivity index (χ2v) is 5.36. The van der Waals surface area contributed by atoms with Crippen LogP contribution in [0.2, 0.25) is 0 Å². The summed E-state index contributed by atoms with van der Waals surface area (Å²) in [4.78, 5) is 6.68. The number of nitrogens with one attached hydrogen (secondary N) is 1. The second kappa shape index (κ2) is 5.64. The van der Waals surface area contributed by atoms with Crippen molar-refractivity contribution in [2.24, 2.45) is 0 Å². The van der Waals surface area contributed by atoms with E-state index >= 15 is 0 Å².